The fourth-order valence-corrected chi connectivity index (χ4v) is 2.96. The van der Waals surface area contributed by atoms with Gasteiger partial charge in [-0.1, -0.05) is 0 Å². The topological polar surface area (TPSA) is 84.7 Å². The number of nitrogens with one attached hydrogen (secondary N) is 1. The molecule has 1 aliphatic heterocycles. The molecule has 7 nitrogen and oxygen atoms in total. The number of carbonyl (C=O) groups is 2. The number of rotatable bonds is 3. The van der Waals surface area contributed by atoms with Crippen LogP contribution in [0, 0.1) is 0 Å². The maximum atomic E-state index is 13.1. The number of oxazole rings is 1. The molecule has 2 aromatic rings. The lowest BCUT2D eigenvalue weighted by Crippen LogP contribution is -2.49. The first kappa shape index (κ1) is 14.7. The number of aromatic nitrogens is 1. The highest BCUT2D eigenvalue weighted by atomic mass is 16.5. The summed E-state index contributed by atoms with van der Waals surface area (Å²) >= 11 is 0. The van der Waals surface area contributed by atoms with Crippen LogP contribution in [0.15, 0.2) is 29.0 Å². The molecule has 1 aromatic carbocycles. The van der Waals surface area contributed by atoms with E-state index in [1.54, 1.807) is 32.2 Å². The molecule has 2 heterocycles. The van der Waals surface area contributed by atoms with Crippen LogP contribution >= 0.6 is 0 Å². The van der Waals surface area contributed by atoms with Crippen LogP contribution in [0.25, 0.3) is 0 Å². The lowest BCUT2D eigenvalue weighted by Gasteiger charge is -2.34. The van der Waals surface area contributed by atoms with Crippen LogP contribution in [0.3, 0.4) is 0 Å². The number of hydrogen-bond acceptors (Lipinski definition) is 5. The fraction of sp³-hybridized carbons (Fsp3) is 0.353. The number of benzene rings is 1. The highest BCUT2D eigenvalue weighted by molar-refractivity contribution is 6.16. The van der Waals surface area contributed by atoms with Crippen molar-refractivity contribution in [2.45, 2.75) is 31.7 Å². The van der Waals surface area contributed by atoms with Crippen molar-refractivity contribution in [2.75, 3.05) is 17.3 Å². The van der Waals surface area contributed by atoms with Gasteiger partial charge >= 0.3 is 0 Å². The van der Waals surface area contributed by atoms with Crippen LogP contribution in [0.4, 0.5) is 11.4 Å². The van der Waals surface area contributed by atoms with Gasteiger partial charge in [-0.3, -0.25) is 14.5 Å². The number of amides is 2. The average molecular weight is 327 g/mol. The second-order valence-electron chi connectivity index (χ2n) is 6.06. The third kappa shape index (κ3) is 2.24. The molecule has 0 saturated heterocycles. The van der Waals surface area contributed by atoms with Crippen molar-refractivity contribution >= 4 is 23.2 Å². The van der Waals surface area contributed by atoms with Crippen LogP contribution < -0.4 is 15.0 Å². The van der Waals surface area contributed by atoms with Gasteiger partial charge in [0.2, 0.25) is 5.91 Å². The molecule has 1 fully saturated rings. The zero-order chi connectivity index (χ0) is 16.8. The van der Waals surface area contributed by atoms with Crippen LogP contribution in [-0.4, -0.2) is 29.9 Å². The highest BCUT2D eigenvalue weighted by Gasteiger charge is 2.39. The molecule has 2 amide bonds. The summed E-state index contributed by atoms with van der Waals surface area (Å²) in [7, 11) is 1.56. The van der Waals surface area contributed by atoms with Gasteiger partial charge in [0.1, 0.15) is 17.6 Å². The van der Waals surface area contributed by atoms with E-state index >= 15 is 0 Å². The first-order valence-electron chi connectivity index (χ1n) is 7.86. The van der Waals surface area contributed by atoms with E-state index in [9.17, 15) is 9.59 Å². The van der Waals surface area contributed by atoms with Gasteiger partial charge in [-0.25, -0.2) is 4.98 Å². The van der Waals surface area contributed by atoms with Crippen molar-refractivity contribution < 1.29 is 18.7 Å². The smallest absolute Gasteiger partial charge is 0.281 e. The maximum Gasteiger partial charge on any atom is 0.281 e. The van der Waals surface area contributed by atoms with E-state index in [2.05, 4.69) is 10.3 Å². The van der Waals surface area contributed by atoms with Crippen LogP contribution in [0.1, 0.15) is 41.9 Å². The standard InChI is InChI=1S/C17H17N3O4/c1-9-16(21)19-12-6-5-11(23-2)7-13(12)20(9)17(22)14-15(10-3-4-10)24-8-18-14/h5-10H,3-4H2,1-2H3,(H,19,21). The number of anilines is 2. The molecule has 1 saturated carbocycles. The summed E-state index contributed by atoms with van der Waals surface area (Å²) < 4.78 is 10.7. The molecule has 0 radical (unpaired) electrons. The van der Waals surface area contributed by atoms with Crippen molar-refractivity contribution in [1.29, 1.82) is 0 Å². The van der Waals surface area contributed by atoms with Crippen molar-refractivity contribution in [2.24, 2.45) is 0 Å². The molecule has 1 N–H and O–H groups in total. The third-order valence-corrected chi connectivity index (χ3v) is 4.45. The molecule has 7 heteroatoms. The minimum Gasteiger partial charge on any atom is -0.497 e. The van der Waals surface area contributed by atoms with Crippen molar-refractivity contribution in [3.63, 3.8) is 0 Å². The molecule has 1 aromatic heterocycles. The molecule has 24 heavy (non-hydrogen) atoms. The molecule has 4 rings (SSSR count). The number of ether oxygens (including phenoxy) is 1. The lowest BCUT2D eigenvalue weighted by molar-refractivity contribution is -0.117. The van der Waals surface area contributed by atoms with Gasteiger partial charge in [0.05, 0.1) is 18.5 Å². The fourth-order valence-electron chi connectivity index (χ4n) is 2.96. The van der Waals surface area contributed by atoms with E-state index in [1.807, 2.05) is 0 Å². The predicted octanol–water partition coefficient (Wildman–Crippen LogP) is 2.55. The second-order valence-corrected chi connectivity index (χ2v) is 6.06. The summed E-state index contributed by atoms with van der Waals surface area (Å²) in [5, 5.41) is 2.81. The minimum atomic E-state index is -0.652. The summed E-state index contributed by atoms with van der Waals surface area (Å²) in [6.07, 6.45) is 3.29. The Morgan fingerprint density at radius 1 is 1.42 bits per heavy atom. The van der Waals surface area contributed by atoms with Gasteiger partial charge in [-0.2, -0.15) is 0 Å². The Hall–Kier alpha value is -2.83. The predicted molar refractivity (Wildman–Crippen MR) is 86.4 cm³/mol. The number of fused-ring (bicyclic) bond motifs is 1. The highest BCUT2D eigenvalue weighted by Crippen LogP contribution is 2.43. The van der Waals surface area contributed by atoms with E-state index in [0.29, 0.717) is 22.9 Å². The Bertz CT molecular complexity index is 825. The van der Waals surface area contributed by atoms with Gasteiger partial charge in [0.15, 0.2) is 12.1 Å². The van der Waals surface area contributed by atoms with E-state index in [1.165, 1.54) is 11.3 Å². The largest absolute Gasteiger partial charge is 0.497 e. The summed E-state index contributed by atoms with van der Waals surface area (Å²) in [4.78, 5) is 30.9. The van der Waals surface area contributed by atoms with E-state index in [0.717, 1.165) is 12.8 Å². The van der Waals surface area contributed by atoms with Crippen molar-refractivity contribution in [1.82, 2.24) is 4.98 Å². The molecule has 0 spiro atoms. The Kier molecular flexibility index (Phi) is 3.30. The number of carbonyl (C=O) groups excluding carboxylic acids is 2. The second kappa shape index (κ2) is 5.36. The number of hydrogen-bond donors (Lipinski definition) is 1. The van der Waals surface area contributed by atoms with Gasteiger partial charge in [0, 0.05) is 12.0 Å². The van der Waals surface area contributed by atoms with Crippen LogP contribution in [0.5, 0.6) is 5.75 Å². The van der Waals surface area contributed by atoms with E-state index < -0.39 is 6.04 Å². The van der Waals surface area contributed by atoms with Gasteiger partial charge in [-0.05, 0) is 31.9 Å². The van der Waals surface area contributed by atoms with Crippen molar-refractivity contribution in [3.8, 4) is 5.75 Å². The van der Waals surface area contributed by atoms with E-state index in [4.69, 9.17) is 9.15 Å². The summed E-state index contributed by atoms with van der Waals surface area (Å²) in [5.74, 6) is 0.908. The first-order chi connectivity index (χ1) is 11.6. The SMILES string of the molecule is COc1ccc2c(c1)N(C(=O)c1ncoc1C1CC1)C(C)C(=O)N2. The van der Waals surface area contributed by atoms with Crippen molar-refractivity contribution in [3.05, 3.63) is 36.0 Å². The molecular formula is C17H17N3O4. The molecular weight excluding hydrogens is 310 g/mol. The Labute approximate surface area is 138 Å². The monoisotopic (exact) mass is 327 g/mol. The number of nitrogens with zero attached hydrogens (tertiary/aromatic N) is 2. The third-order valence-electron chi connectivity index (χ3n) is 4.45. The van der Waals surface area contributed by atoms with Crippen LogP contribution in [0.2, 0.25) is 0 Å². The molecule has 1 unspecified atom stereocenters. The Morgan fingerprint density at radius 3 is 2.92 bits per heavy atom. The zero-order valence-electron chi connectivity index (χ0n) is 13.4. The number of methoxy groups -OCH3 is 1. The molecule has 1 aliphatic carbocycles. The van der Waals surface area contributed by atoms with Gasteiger partial charge in [-0.15, -0.1) is 0 Å². The summed E-state index contributed by atoms with van der Waals surface area (Å²) in [6, 6.07) is 4.55. The normalized spacial score (nSPS) is 19.7. The molecule has 1 atom stereocenters. The van der Waals surface area contributed by atoms with E-state index in [-0.39, 0.29) is 23.4 Å². The molecule has 124 valence electrons. The molecule has 2 aliphatic rings. The minimum absolute atomic E-state index is 0.238. The summed E-state index contributed by atoms with van der Waals surface area (Å²) in [6.45, 7) is 1.69. The molecule has 0 bridgehead atoms. The Balaban J connectivity index is 1.79. The average Bonchev–Trinajstić information content (AvgIpc) is 3.32. The maximum absolute atomic E-state index is 13.1. The van der Waals surface area contributed by atoms with Crippen LogP contribution in [-0.2, 0) is 4.79 Å². The zero-order valence-corrected chi connectivity index (χ0v) is 13.4. The van der Waals surface area contributed by atoms with Gasteiger partial charge in [0.25, 0.3) is 5.91 Å². The Morgan fingerprint density at radius 2 is 2.21 bits per heavy atom. The van der Waals surface area contributed by atoms with Gasteiger partial charge < -0.3 is 14.5 Å². The quantitative estimate of drug-likeness (QED) is 0.936. The summed E-state index contributed by atoms with van der Waals surface area (Å²) in [5.41, 5.74) is 1.45. The lowest BCUT2D eigenvalue weighted by atomic mass is 10.1. The first-order valence-corrected chi connectivity index (χ1v) is 7.86.